The predicted octanol–water partition coefficient (Wildman–Crippen LogP) is 1.96. The number of ether oxygens (including phenoxy) is 3. The van der Waals surface area contributed by atoms with Gasteiger partial charge < -0.3 is 24.8 Å². The third kappa shape index (κ3) is 6.63. The molecule has 2 aromatic carbocycles. The van der Waals surface area contributed by atoms with Gasteiger partial charge in [-0.15, -0.1) is 0 Å². The number of nitrogens with one attached hydrogen (secondary N) is 2. The molecule has 7 nitrogen and oxygen atoms in total. The Bertz CT molecular complexity index is 787. The van der Waals surface area contributed by atoms with Crippen LogP contribution in [0, 0.1) is 0 Å². The SMILES string of the molecule is COc1ccc(NCCOCCNc2ccc(OC)ccc2=O)c(=O)cc1. The fourth-order valence-electron chi connectivity index (χ4n) is 2.28. The highest BCUT2D eigenvalue weighted by molar-refractivity contribution is 5.45. The highest BCUT2D eigenvalue weighted by Gasteiger charge is 1.99. The number of hydrogen-bond donors (Lipinski definition) is 2. The van der Waals surface area contributed by atoms with Crippen LogP contribution < -0.4 is 31.0 Å². The molecule has 0 aliphatic carbocycles. The lowest BCUT2D eigenvalue weighted by Gasteiger charge is -2.07. The second kappa shape index (κ2) is 10.8. The topological polar surface area (TPSA) is 85.9 Å². The van der Waals surface area contributed by atoms with E-state index in [-0.39, 0.29) is 10.9 Å². The molecule has 2 N–H and O–H groups in total. The lowest BCUT2D eigenvalue weighted by molar-refractivity contribution is 0.154. The van der Waals surface area contributed by atoms with Crippen LogP contribution in [0.5, 0.6) is 11.5 Å². The molecule has 0 atom stereocenters. The van der Waals surface area contributed by atoms with E-state index in [0.717, 1.165) is 0 Å². The van der Waals surface area contributed by atoms with Gasteiger partial charge in [-0.05, 0) is 48.5 Å². The normalized spacial score (nSPS) is 10.1. The Morgan fingerprint density at radius 3 is 1.48 bits per heavy atom. The van der Waals surface area contributed by atoms with Crippen molar-refractivity contribution in [2.45, 2.75) is 0 Å². The molecule has 2 rings (SSSR count). The fourth-order valence-corrected chi connectivity index (χ4v) is 2.28. The van der Waals surface area contributed by atoms with Gasteiger partial charge in [0.15, 0.2) is 0 Å². The maximum absolute atomic E-state index is 11.9. The lowest BCUT2D eigenvalue weighted by atomic mass is 10.4. The maximum Gasteiger partial charge on any atom is 0.201 e. The van der Waals surface area contributed by atoms with Crippen molar-refractivity contribution in [2.75, 3.05) is 51.2 Å². The summed E-state index contributed by atoms with van der Waals surface area (Å²) in [6.07, 6.45) is 0. The number of rotatable bonds is 10. The molecule has 0 aliphatic heterocycles. The van der Waals surface area contributed by atoms with Crippen LogP contribution in [-0.2, 0) is 4.74 Å². The summed E-state index contributed by atoms with van der Waals surface area (Å²) in [5, 5.41) is 6.08. The van der Waals surface area contributed by atoms with Crippen molar-refractivity contribution >= 4 is 11.4 Å². The van der Waals surface area contributed by atoms with Gasteiger partial charge >= 0.3 is 0 Å². The van der Waals surface area contributed by atoms with E-state index in [9.17, 15) is 9.59 Å². The van der Waals surface area contributed by atoms with E-state index in [1.165, 1.54) is 12.1 Å². The standard InChI is InChI=1S/C20H24N2O5/c1-25-15-3-7-17(19(23)9-5-15)21-11-13-27-14-12-22-18-8-4-16(26-2)6-10-20(18)24/h3-10H,11-14H2,1-2H3,(H,21,23)(H,22,24). The summed E-state index contributed by atoms with van der Waals surface area (Å²) >= 11 is 0. The molecule has 0 radical (unpaired) electrons. The summed E-state index contributed by atoms with van der Waals surface area (Å²) in [5.74, 6) is 1.24. The molecule has 144 valence electrons. The largest absolute Gasteiger partial charge is 0.497 e. The molecule has 0 amide bonds. The Kier molecular flexibility index (Phi) is 8.12. The quantitative estimate of drug-likeness (QED) is 0.617. The predicted molar refractivity (Wildman–Crippen MR) is 106 cm³/mol. The monoisotopic (exact) mass is 372 g/mol. The second-order valence-electron chi connectivity index (χ2n) is 5.57. The average Bonchev–Trinajstić information content (AvgIpc) is 2.97. The Hall–Kier alpha value is -3.06. The first-order valence-electron chi connectivity index (χ1n) is 8.56. The summed E-state index contributed by atoms with van der Waals surface area (Å²) in [7, 11) is 3.10. The zero-order chi connectivity index (χ0) is 19.5. The molecule has 2 aromatic rings. The van der Waals surface area contributed by atoms with E-state index in [1.807, 2.05) is 0 Å². The third-order valence-corrected chi connectivity index (χ3v) is 3.75. The number of methoxy groups -OCH3 is 2. The van der Waals surface area contributed by atoms with Crippen LogP contribution in [0.2, 0.25) is 0 Å². The molecule has 0 bridgehead atoms. The molecule has 0 unspecified atom stereocenters. The number of hydrogen-bond acceptors (Lipinski definition) is 7. The summed E-state index contributed by atoms with van der Waals surface area (Å²) in [6, 6.07) is 13.0. The van der Waals surface area contributed by atoms with Gasteiger partial charge in [0.25, 0.3) is 0 Å². The van der Waals surface area contributed by atoms with Crippen LogP contribution in [0.15, 0.2) is 58.1 Å². The van der Waals surface area contributed by atoms with E-state index >= 15 is 0 Å². The van der Waals surface area contributed by atoms with Gasteiger partial charge in [0, 0.05) is 13.1 Å². The van der Waals surface area contributed by atoms with Gasteiger partial charge in [-0.1, -0.05) is 0 Å². The maximum atomic E-state index is 11.9. The van der Waals surface area contributed by atoms with Gasteiger partial charge in [0.1, 0.15) is 11.5 Å². The Balaban J connectivity index is 1.71. The highest BCUT2D eigenvalue weighted by atomic mass is 16.5. The van der Waals surface area contributed by atoms with E-state index in [1.54, 1.807) is 50.6 Å². The smallest absolute Gasteiger partial charge is 0.201 e. The van der Waals surface area contributed by atoms with Crippen LogP contribution in [0.1, 0.15) is 0 Å². The molecule has 0 aliphatic rings. The molecular formula is C20H24N2O5. The third-order valence-electron chi connectivity index (χ3n) is 3.75. The first kappa shape index (κ1) is 20.3. The molecule has 0 saturated heterocycles. The summed E-state index contributed by atoms with van der Waals surface area (Å²) < 4.78 is 15.7. The summed E-state index contributed by atoms with van der Waals surface area (Å²) in [6.45, 7) is 1.84. The average molecular weight is 372 g/mol. The summed E-state index contributed by atoms with van der Waals surface area (Å²) in [4.78, 5) is 23.8. The van der Waals surface area contributed by atoms with Crippen molar-refractivity contribution in [3.8, 4) is 11.5 Å². The first-order valence-corrected chi connectivity index (χ1v) is 8.56. The van der Waals surface area contributed by atoms with Crippen molar-refractivity contribution in [3.63, 3.8) is 0 Å². The Labute approximate surface area is 157 Å². The van der Waals surface area contributed by atoms with E-state index < -0.39 is 0 Å². The van der Waals surface area contributed by atoms with Gasteiger partial charge in [0.05, 0.1) is 38.8 Å². The molecule has 27 heavy (non-hydrogen) atoms. The van der Waals surface area contributed by atoms with E-state index in [4.69, 9.17) is 14.2 Å². The van der Waals surface area contributed by atoms with Crippen molar-refractivity contribution < 1.29 is 14.2 Å². The van der Waals surface area contributed by atoms with Crippen LogP contribution >= 0.6 is 0 Å². The molecule has 0 heterocycles. The van der Waals surface area contributed by atoms with E-state index in [2.05, 4.69) is 10.6 Å². The number of anilines is 2. The molecule has 0 fully saturated rings. The minimum Gasteiger partial charge on any atom is -0.497 e. The zero-order valence-electron chi connectivity index (χ0n) is 15.5. The lowest BCUT2D eigenvalue weighted by Crippen LogP contribution is -2.18. The van der Waals surface area contributed by atoms with Crippen molar-refractivity contribution in [1.82, 2.24) is 0 Å². The highest BCUT2D eigenvalue weighted by Crippen LogP contribution is 2.09. The van der Waals surface area contributed by atoms with Crippen LogP contribution in [0.4, 0.5) is 11.4 Å². The zero-order valence-corrected chi connectivity index (χ0v) is 15.5. The minimum atomic E-state index is -0.115. The summed E-state index contributed by atoms with van der Waals surface area (Å²) in [5.41, 5.74) is 0.745. The van der Waals surface area contributed by atoms with Gasteiger partial charge in [0.2, 0.25) is 10.9 Å². The fraction of sp³-hybridized carbons (Fsp3) is 0.300. The Morgan fingerprint density at radius 2 is 1.07 bits per heavy atom. The van der Waals surface area contributed by atoms with Crippen LogP contribution in [-0.4, -0.2) is 40.5 Å². The van der Waals surface area contributed by atoms with Crippen molar-refractivity contribution in [2.24, 2.45) is 0 Å². The minimum absolute atomic E-state index is 0.115. The van der Waals surface area contributed by atoms with Gasteiger partial charge in [-0.25, -0.2) is 0 Å². The second-order valence-corrected chi connectivity index (χ2v) is 5.57. The molecule has 7 heteroatoms. The van der Waals surface area contributed by atoms with E-state index in [0.29, 0.717) is 49.2 Å². The molecular weight excluding hydrogens is 348 g/mol. The van der Waals surface area contributed by atoms with Crippen LogP contribution in [0.25, 0.3) is 0 Å². The molecule has 0 saturated carbocycles. The Morgan fingerprint density at radius 1 is 0.667 bits per heavy atom. The van der Waals surface area contributed by atoms with Crippen LogP contribution in [0.3, 0.4) is 0 Å². The first-order chi connectivity index (χ1) is 13.1. The molecule has 0 aromatic heterocycles. The van der Waals surface area contributed by atoms with Crippen molar-refractivity contribution in [1.29, 1.82) is 0 Å². The van der Waals surface area contributed by atoms with Gasteiger partial charge in [-0.2, -0.15) is 0 Å². The van der Waals surface area contributed by atoms with Crippen molar-refractivity contribution in [3.05, 3.63) is 69.0 Å². The van der Waals surface area contributed by atoms with Gasteiger partial charge in [-0.3, -0.25) is 9.59 Å². The molecule has 0 spiro atoms.